The van der Waals surface area contributed by atoms with E-state index in [0.717, 1.165) is 120 Å². The van der Waals surface area contributed by atoms with E-state index in [4.69, 9.17) is 33.9 Å². The topological polar surface area (TPSA) is 110 Å². The Labute approximate surface area is 545 Å². The zero-order valence-corrected chi connectivity index (χ0v) is 60.1. The summed E-state index contributed by atoms with van der Waals surface area (Å²) < 4.78 is 25.0. The van der Waals surface area contributed by atoms with Gasteiger partial charge in [0.2, 0.25) is 0 Å². The Morgan fingerprint density at radius 1 is 0.478 bits per heavy atom. The second-order valence-electron chi connectivity index (χ2n) is 31.5. The van der Waals surface area contributed by atoms with Crippen LogP contribution in [0.15, 0.2) is 97.1 Å². The molecule has 0 N–H and O–H groups in total. The fraction of sp³-hybridized carbons (Fsp3) is 0.582. The summed E-state index contributed by atoms with van der Waals surface area (Å²) >= 11 is 0. The smallest absolute Gasteiger partial charge is 0.167 e. The summed E-state index contributed by atoms with van der Waals surface area (Å²) in [5.74, 6) is 4.31. The lowest BCUT2D eigenvalue weighted by Crippen LogP contribution is -2.60. The Kier molecular flexibility index (Phi) is 25.8. The Hall–Kier alpha value is -6.17. The third kappa shape index (κ3) is 22.9. The molecule has 0 radical (unpaired) electrons. The van der Waals surface area contributed by atoms with Gasteiger partial charge in [-0.2, -0.15) is 0 Å². The van der Waals surface area contributed by atoms with Gasteiger partial charge in [0, 0.05) is 34.9 Å². The molecule has 0 spiro atoms. The maximum absolute atomic E-state index is 6.49. The molecule has 2 aromatic heterocycles. The molecular weight excluding hydrogens is 1110 g/mol. The molecule has 1 aliphatic rings. The number of hydrogen-bond acceptors (Lipinski definition) is 10. The molecule has 0 atom stereocenters. The lowest BCUT2D eigenvalue weighted by Gasteiger charge is -2.53. The number of ether oxygens (including phenoxy) is 4. The first kappa shape index (κ1) is 72.9. The number of piperidine rings is 1. The van der Waals surface area contributed by atoms with Crippen LogP contribution in [0, 0.1) is 43.9 Å². The van der Waals surface area contributed by atoms with Crippen molar-refractivity contribution >= 4 is 11.0 Å². The number of aromatic nitrogens is 6. The third-order valence-corrected chi connectivity index (χ3v) is 17.3. The van der Waals surface area contributed by atoms with Gasteiger partial charge in [-0.25, -0.2) is 15.0 Å². The average Bonchev–Trinajstić information content (AvgIpc) is 1.15. The van der Waals surface area contributed by atoms with Gasteiger partial charge in [-0.3, -0.25) is 4.90 Å². The minimum absolute atomic E-state index is 0.0477. The first-order chi connectivity index (χ1) is 42.1. The quantitative estimate of drug-likeness (QED) is 0.0574. The molecule has 1 aliphatic heterocycles. The minimum Gasteiger partial charge on any atom is -0.493 e. The Morgan fingerprint density at radius 2 is 0.944 bits per heavy atom. The van der Waals surface area contributed by atoms with E-state index in [2.05, 4.69) is 222 Å². The highest BCUT2D eigenvalue weighted by molar-refractivity contribution is 5.74. The number of rotatable bonds is 23. The molecule has 0 saturated carbocycles. The van der Waals surface area contributed by atoms with Crippen molar-refractivity contribution in [2.75, 3.05) is 33.5 Å². The highest BCUT2D eigenvalue weighted by Crippen LogP contribution is 2.40. The van der Waals surface area contributed by atoms with Crippen LogP contribution in [-0.2, 0) is 10.2 Å². The Morgan fingerprint density at radius 3 is 1.43 bits per heavy atom. The molecule has 492 valence electrons. The predicted octanol–water partition coefficient (Wildman–Crippen LogP) is 21.1. The van der Waals surface area contributed by atoms with Crippen molar-refractivity contribution in [3.63, 3.8) is 0 Å². The van der Waals surface area contributed by atoms with Crippen molar-refractivity contribution in [2.24, 2.45) is 16.2 Å². The van der Waals surface area contributed by atoms with Gasteiger partial charge in [-0.1, -0.05) is 188 Å². The van der Waals surface area contributed by atoms with Crippen molar-refractivity contribution in [1.82, 2.24) is 34.8 Å². The average molecular weight is 1230 g/mol. The van der Waals surface area contributed by atoms with Crippen LogP contribution in [0.5, 0.6) is 17.2 Å². The first-order valence-corrected chi connectivity index (χ1v) is 33.9. The molecule has 7 aromatic rings. The number of hydrogen-bond donors (Lipinski definition) is 0. The van der Waals surface area contributed by atoms with Crippen molar-refractivity contribution in [3.8, 4) is 57.1 Å². The zero-order chi connectivity index (χ0) is 66.2. The second kappa shape index (κ2) is 31.9. The summed E-state index contributed by atoms with van der Waals surface area (Å²) in [5, 5.41) is 9.32. The van der Waals surface area contributed by atoms with E-state index < -0.39 is 0 Å². The normalized spacial score (nSPS) is 14.6. The summed E-state index contributed by atoms with van der Waals surface area (Å²) in [6, 6.07) is 33.2. The standard InChI is InChI=1S/C40H53N3O2.C23H31N3O.C16H33NO/c1-9-10-11-12-13-14-23-44-32-18-21-35(36(27-32)45-24-15-22-40(6,7)8)39-42-37(33-19-16-28(2)25-30(33)4)41-38(43-39)34-20-17-29(3)26-31(34)5;1-22(2,3)14-9-15-27-21-13-12-17(23(4,5)6)16-20(21)26-24-18-10-7-8-11-19(18)25-26;1-14(2,3)9-10-18-13-11-15(4,5)17(8)16(6,7)12-13/h16-21,25-27H,9-15,22-24H2,1-8H3;7-8,10-13,16H,9,14-15H2,1-6H3;13H,9-12H2,1-8H3. The number of likely N-dealkylation sites (tertiary alicyclic amines) is 1. The summed E-state index contributed by atoms with van der Waals surface area (Å²) in [4.78, 5) is 19.4. The van der Waals surface area contributed by atoms with Gasteiger partial charge in [-0.05, 0) is 189 Å². The maximum atomic E-state index is 6.49. The molecule has 11 heteroatoms. The summed E-state index contributed by atoms with van der Waals surface area (Å²) in [5.41, 5.74) is 12.9. The molecule has 3 heterocycles. The molecule has 0 aliphatic carbocycles. The van der Waals surface area contributed by atoms with Gasteiger partial charge in [0.05, 0.1) is 31.5 Å². The zero-order valence-electron chi connectivity index (χ0n) is 60.1. The van der Waals surface area contributed by atoms with Crippen molar-refractivity contribution in [3.05, 3.63) is 125 Å². The van der Waals surface area contributed by atoms with Crippen LogP contribution in [0.25, 0.3) is 50.9 Å². The van der Waals surface area contributed by atoms with Gasteiger partial charge in [0.25, 0.3) is 0 Å². The molecular formula is C79H117N7O4. The number of benzene rings is 5. The molecule has 0 bridgehead atoms. The van der Waals surface area contributed by atoms with Crippen LogP contribution in [0.1, 0.15) is 229 Å². The molecule has 0 unspecified atom stereocenters. The molecule has 0 amide bonds. The van der Waals surface area contributed by atoms with E-state index in [1.165, 1.54) is 48.8 Å². The second-order valence-corrected chi connectivity index (χ2v) is 31.5. The molecule has 1 fully saturated rings. The van der Waals surface area contributed by atoms with E-state index >= 15 is 0 Å². The Balaban J connectivity index is 0.000000241. The van der Waals surface area contributed by atoms with E-state index in [-0.39, 0.29) is 21.9 Å². The van der Waals surface area contributed by atoms with Crippen LogP contribution in [0.2, 0.25) is 0 Å². The van der Waals surface area contributed by atoms with Gasteiger partial charge in [0.15, 0.2) is 17.5 Å². The monoisotopic (exact) mass is 1230 g/mol. The van der Waals surface area contributed by atoms with Crippen LogP contribution >= 0.6 is 0 Å². The highest BCUT2D eigenvalue weighted by atomic mass is 16.5. The molecule has 5 aromatic carbocycles. The van der Waals surface area contributed by atoms with E-state index in [9.17, 15) is 0 Å². The predicted molar refractivity (Wildman–Crippen MR) is 379 cm³/mol. The third-order valence-electron chi connectivity index (χ3n) is 17.3. The van der Waals surface area contributed by atoms with E-state index in [0.29, 0.717) is 54.2 Å². The van der Waals surface area contributed by atoms with Crippen LogP contribution < -0.4 is 14.2 Å². The van der Waals surface area contributed by atoms with Gasteiger partial charge < -0.3 is 18.9 Å². The van der Waals surface area contributed by atoms with Crippen molar-refractivity contribution in [1.29, 1.82) is 0 Å². The lowest BCUT2D eigenvalue weighted by molar-refractivity contribution is -0.0943. The summed E-state index contributed by atoms with van der Waals surface area (Å²) in [7, 11) is 2.24. The fourth-order valence-electron chi connectivity index (χ4n) is 11.6. The van der Waals surface area contributed by atoms with Crippen LogP contribution in [-0.4, -0.2) is 85.5 Å². The van der Waals surface area contributed by atoms with Gasteiger partial charge in [-0.15, -0.1) is 15.0 Å². The van der Waals surface area contributed by atoms with Gasteiger partial charge >= 0.3 is 0 Å². The van der Waals surface area contributed by atoms with Gasteiger partial charge in [0.1, 0.15) is 34.0 Å². The minimum atomic E-state index is 0.0477. The number of unbranched alkanes of at least 4 members (excludes halogenated alkanes) is 5. The maximum Gasteiger partial charge on any atom is 0.167 e. The molecule has 1 saturated heterocycles. The Bertz CT molecular complexity index is 3250. The van der Waals surface area contributed by atoms with Crippen molar-refractivity contribution < 1.29 is 18.9 Å². The van der Waals surface area contributed by atoms with Crippen molar-refractivity contribution in [2.45, 2.75) is 251 Å². The summed E-state index contributed by atoms with van der Waals surface area (Å²) in [6.07, 6.45) is 15.4. The SMILES string of the molecule is CC(C)(C)CCCOc1ccc(C(C)(C)C)cc1-n1nc2ccccc2n1.CCCCCCCCOc1ccc(-c2nc(-c3ccc(C)cc3C)nc(-c3ccc(C)cc3C)n2)c(OCCCC(C)(C)C)c1.CN1C(C)(C)CC(OCCC(C)(C)C)CC1(C)C. The number of aryl methyl sites for hydroxylation is 4. The summed E-state index contributed by atoms with van der Waals surface area (Å²) in [6.45, 7) is 50.0. The molecule has 90 heavy (non-hydrogen) atoms. The number of nitrogens with zero attached hydrogens (tertiary/aromatic N) is 7. The number of fused-ring (bicyclic) bond motifs is 1. The first-order valence-electron chi connectivity index (χ1n) is 33.9. The van der Waals surface area contributed by atoms with Crippen LogP contribution in [0.4, 0.5) is 0 Å². The van der Waals surface area contributed by atoms with E-state index in [1.54, 1.807) is 4.80 Å². The molecule has 8 rings (SSSR count). The largest absolute Gasteiger partial charge is 0.493 e. The highest BCUT2D eigenvalue weighted by Gasteiger charge is 2.43. The fourth-order valence-corrected chi connectivity index (χ4v) is 11.6. The van der Waals surface area contributed by atoms with Crippen LogP contribution in [0.3, 0.4) is 0 Å². The lowest BCUT2D eigenvalue weighted by atomic mass is 9.78. The van der Waals surface area contributed by atoms with E-state index in [1.807, 2.05) is 42.5 Å². The molecule has 11 nitrogen and oxygen atoms in total.